The molecular formula is C14H13Cl2F2NO3. The SMILES string of the molecule is CC1(C(=O)Nc2cc(Cl)cc(Cl)c2)CC(F)(F)C1(C)C(=O)O. The van der Waals surface area contributed by atoms with Gasteiger partial charge in [0.25, 0.3) is 5.92 Å². The van der Waals surface area contributed by atoms with E-state index in [2.05, 4.69) is 5.32 Å². The van der Waals surface area contributed by atoms with Gasteiger partial charge in [-0.05, 0) is 32.0 Å². The molecule has 2 unspecified atom stereocenters. The van der Waals surface area contributed by atoms with Crippen LogP contribution in [0.25, 0.3) is 0 Å². The Labute approximate surface area is 135 Å². The van der Waals surface area contributed by atoms with E-state index in [-0.39, 0.29) is 15.7 Å². The third-order valence-corrected chi connectivity index (χ3v) is 4.90. The summed E-state index contributed by atoms with van der Waals surface area (Å²) in [5.41, 5.74) is -4.02. The van der Waals surface area contributed by atoms with Crippen LogP contribution in [-0.4, -0.2) is 22.9 Å². The van der Waals surface area contributed by atoms with Crippen molar-refractivity contribution in [3.8, 4) is 0 Å². The first kappa shape index (κ1) is 17.0. The van der Waals surface area contributed by atoms with Gasteiger partial charge in [0.05, 0.1) is 5.41 Å². The molecule has 8 heteroatoms. The topological polar surface area (TPSA) is 66.4 Å². The van der Waals surface area contributed by atoms with Gasteiger partial charge in [0.2, 0.25) is 5.91 Å². The van der Waals surface area contributed by atoms with Crippen LogP contribution in [-0.2, 0) is 9.59 Å². The number of nitrogens with one attached hydrogen (secondary N) is 1. The molecule has 0 bridgehead atoms. The van der Waals surface area contributed by atoms with Gasteiger partial charge < -0.3 is 10.4 Å². The number of carboxylic acid groups (broad SMARTS) is 1. The lowest BCUT2D eigenvalue weighted by Crippen LogP contribution is -2.70. The van der Waals surface area contributed by atoms with Crippen molar-refractivity contribution in [2.45, 2.75) is 26.2 Å². The Hall–Kier alpha value is -1.40. The molecule has 1 saturated carbocycles. The van der Waals surface area contributed by atoms with Gasteiger partial charge in [0.15, 0.2) is 0 Å². The highest BCUT2D eigenvalue weighted by molar-refractivity contribution is 6.35. The van der Waals surface area contributed by atoms with Crippen LogP contribution in [0.4, 0.5) is 14.5 Å². The lowest BCUT2D eigenvalue weighted by atomic mass is 9.48. The zero-order valence-corrected chi connectivity index (χ0v) is 13.2. The smallest absolute Gasteiger partial charge is 0.316 e. The Kier molecular flexibility index (Phi) is 3.90. The second kappa shape index (κ2) is 5.06. The van der Waals surface area contributed by atoms with Gasteiger partial charge in [0, 0.05) is 22.2 Å². The molecule has 0 heterocycles. The van der Waals surface area contributed by atoms with Crippen LogP contribution in [0.2, 0.25) is 10.0 Å². The zero-order valence-electron chi connectivity index (χ0n) is 11.7. The van der Waals surface area contributed by atoms with Crippen molar-refractivity contribution in [2.75, 3.05) is 5.32 Å². The number of alkyl halides is 2. The van der Waals surface area contributed by atoms with Gasteiger partial charge in [-0.25, -0.2) is 8.78 Å². The van der Waals surface area contributed by atoms with Crippen molar-refractivity contribution in [2.24, 2.45) is 10.8 Å². The van der Waals surface area contributed by atoms with Crippen LogP contribution < -0.4 is 5.32 Å². The first-order valence-corrected chi connectivity index (χ1v) is 7.08. The summed E-state index contributed by atoms with van der Waals surface area (Å²) in [6.07, 6.45) is -0.844. The minimum absolute atomic E-state index is 0.215. The molecule has 1 amide bonds. The molecule has 0 saturated heterocycles. The van der Waals surface area contributed by atoms with Crippen molar-refractivity contribution in [3.05, 3.63) is 28.2 Å². The van der Waals surface area contributed by atoms with E-state index in [4.69, 9.17) is 28.3 Å². The van der Waals surface area contributed by atoms with Gasteiger partial charge in [-0.3, -0.25) is 9.59 Å². The lowest BCUT2D eigenvalue weighted by molar-refractivity contribution is -0.268. The second-order valence-corrected chi connectivity index (χ2v) is 6.63. The monoisotopic (exact) mass is 351 g/mol. The number of carbonyl (C=O) groups excluding carboxylic acids is 1. The summed E-state index contributed by atoms with van der Waals surface area (Å²) in [5, 5.41) is 12.1. The molecule has 2 rings (SSSR count). The molecule has 4 nitrogen and oxygen atoms in total. The van der Waals surface area contributed by atoms with Crippen molar-refractivity contribution >= 4 is 40.8 Å². The molecule has 1 aliphatic carbocycles. The summed E-state index contributed by atoms with van der Waals surface area (Å²) in [6.45, 7) is 2.09. The van der Waals surface area contributed by atoms with Gasteiger partial charge in [-0.1, -0.05) is 23.2 Å². The molecule has 2 N–H and O–H groups in total. The standard InChI is InChI=1S/C14H13Cl2F2NO3/c1-12(6-14(17,18)13(12,2)11(21)22)10(20)19-9-4-7(15)3-8(16)5-9/h3-5H,6H2,1-2H3,(H,19,20)(H,21,22). The van der Waals surface area contributed by atoms with Crippen LogP contribution in [0.3, 0.4) is 0 Å². The minimum Gasteiger partial charge on any atom is -0.481 e. The zero-order chi connectivity index (χ0) is 16.9. The normalized spacial score (nSPS) is 29.5. The lowest BCUT2D eigenvalue weighted by Gasteiger charge is -2.56. The maximum absolute atomic E-state index is 13.8. The van der Waals surface area contributed by atoms with E-state index in [1.165, 1.54) is 25.1 Å². The first-order chi connectivity index (χ1) is 9.94. The number of carbonyl (C=O) groups is 2. The third-order valence-electron chi connectivity index (χ3n) is 4.46. The van der Waals surface area contributed by atoms with Crippen LogP contribution in [0.5, 0.6) is 0 Å². The fraction of sp³-hybridized carbons (Fsp3) is 0.429. The van der Waals surface area contributed by atoms with Crippen molar-refractivity contribution in [3.63, 3.8) is 0 Å². The largest absolute Gasteiger partial charge is 0.481 e. The Bertz CT molecular complexity index is 647. The predicted molar refractivity (Wildman–Crippen MR) is 78.5 cm³/mol. The summed E-state index contributed by atoms with van der Waals surface area (Å²) in [7, 11) is 0. The quantitative estimate of drug-likeness (QED) is 0.862. The van der Waals surface area contributed by atoms with Gasteiger partial charge in [-0.15, -0.1) is 0 Å². The molecule has 0 aromatic heterocycles. The summed E-state index contributed by atoms with van der Waals surface area (Å²) in [6, 6.07) is 4.23. The predicted octanol–water partition coefficient (Wildman–Crippen LogP) is 4.07. The molecule has 0 radical (unpaired) electrons. The Morgan fingerprint density at radius 1 is 1.18 bits per heavy atom. The van der Waals surface area contributed by atoms with Crippen LogP contribution in [0.15, 0.2) is 18.2 Å². The molecule has 1 fully saturated rings. The maximum Gasteiger partial charge on any atom is 0.316 e. The molecule has 2 atom stereocenters. The van der Waals surface area contributed by atoms with E-state index in [1.807, 2.05) is 0 Å². The van der Waals surface area contributed by atoms with Crippen LogP contribution >= 0.6 is 23.2 Å². The number of benzene rings is 1. The average Bonchev–Trinajstić information content (AvgIpc) is 2.35. The molecule has 22 heavy (non-hydrogen) atoms. The van der Waals surface area contributed by atoms with E-state index in [0.717, 1.165) is 6.92 Å². The number of aliphatic carboxylic acids is 1. The van der Waals surface area contributed by atoms with Crippen molar-refractivity contribution < 1.29 is 23.5 Å². The Morgan fingerprint density at radius 2 is 1.68 bits per heavy atom. The van der Waals surface area contributed by atoms with Crippen molar-refractivity contribution in [1.82, 2.24) is 0 Å². The maximum atomic E-state index is 13.8. The highest BCUT2D eigenvalue weighted by atomic mass is 35.5. The molecular weight excluding hydrogens is 339 g/mol. The van der Waals surface area contributed by atoms with Crippen molar-refractivity contribution in [1.29, 1.82) is 0 Å². The molecule has 120 valence electrons. The first-order valence-electron chi connectivity index (χ1n) is 6.33. The average molecular weight is 352 g/mol. The number of rotatable bonds is 3. The number of halogens is 4. The van der Waals surface area contributed by atoms with E-state index >= 15 is 0 Å². The third kappa shape index (κ3) is 2.25. The summed E-state index contributed by atoms with van der Waals surface area (Å²) >= 11 is 11.6. The molecule has 0 spiro atoms. The van der Waals surface area contributed by atoms with Crippen LogP contribution in [0, 0.1) is 10.8 Å². The number of anilines is 1. The number of amides is 1. The number of hydrogen-bond acceptors (Lipinski definition) is 2. The van der Waals surface area contributed by atoms with E-state index in [9.17, 15) is 18.4 Å². The Balaban J connectivity index is 2.31. The molecule has 1 aromatic carbocycles. The molecule has 1 aromatic rings. The highest BCUT2D eigenvalue weighted by Crippen LogP contribution is 2.66. The summed E-state index contributed by atoms with van der Waals surface area (Å²) in [4.78, 5) is 23.7. The van der Waals surface area contributed by atoms with Gasteiger partial charge in [0.1, 0.15) is 5.41 Å². The molecule has 1 aliphatic rings. The number of carboxylic acids is 1. The highest BCUT2D eigenvalue weighted by Gasteiger charge is 2.79. The fourth-order valence-electron chi connectivity index (χ4n) is 2.69. The second-order valence-electron chi connectivity index (χ2n) is 5.76. The van der Waals surface area contributed by atoms with Gasteiger partial charge >= 0.3 is 5.97 Å². The van der Waals surface area contributed by atoms with Crippen LogP contribution in [0.1, 0.15) is 20.3 Å². The van der Waals surface area contributed by atoms with Gasteiger partial charge in [-0.2, -0.15) is 0 Å². The number of hydrogen-bond donors (Lipinski definition) is 2. The van der Waals surface area contributed by atoms with E-state index in [0.29, 0.717) is 0 Å². The minimum atomic E-state index is -3.46. The summed E-state index contributed by atoms with van der Waals surface area (Å²) in [5.74, 6) is -6.00. The fourth-order valence-corrected chi connectivity index (χ4v) is 3.22. The summed E-state index contributed by atoms with van der Waals surface area (Å²) < 4.78 is 27.5. The van der Waals surface area contributed by atoms with E-state index in [1.54, 1.807) is 0 Å². The van der Waals surface area contributed by atoms with E-state index < -0.39 is 35.0 Å². The Morgan fingerprint density at radius 3 is 2.09 bits per heavy atom. The molecule has 0 aliphatic heterocycles.